The molecule has 0 aromatic carbocycles. The average Bonchev–Trinajstić information content (AvgIpc) is 1.79. The smallest absolute Gasteiger partial charge is 0.0173 e. The summed E-state index contributed by atoms with van der Waals surface area (Å²) in [5.41, 5.74) is 0. The quantitative estimate of drug-likeness (QED) is 0.519. The first-order valence-electron chi connectivity index (χ1n) is 4.16. The van der Waals surface area contributed by atoms with Gasteiger partial charge in [0.1, 0.15) is 0 Å². The van der Waals surface area contributed by atoms with Crippen molar-refractivity contribution >= 4 is 31.9 Å². The predicted molar refractivity (Wildman–Crippen MR) is 62.0 cm³/mol. The molecule has 0 bridgehead atoms. The number of halogens is 2. The molecule has 0 heterocycles. The van der Waals surface area contributed by atoms with Gasteiger partial charge < -0.3 is 0 Å². The second-order valence-electron chi connectivity index (χ2n) is 3.46. The van der Waals surface area contributed by atoms with Gasteiger partial charge in [-0.3, -0.25) is 0 Å². The number of rotatable bonds is 3. The van der Waals surface area contributed by atoms with Crippen LogP contribution in [0.4, 0.5) is 0 Å². The topological polar surface area (TPSA) is 0 Å². The van der Waals surface area contributed by atoms with Gasteiger partial charge in [-0.2, -0.15) is 0 Å². The van der Waals surface area contributed by atoms with Crippen LogP contribution in [0.15, 0.2) is 0 Å². The van der Waals surface area contributed by atoms with Gasteiger partial charge in [-0.05, 0) is 6.42 Å². The van der Waals surface area contributed by atoms with E-state index in [1.54, 1.807) is 0 Å². The van der Waals surface area contributed by atoms with Crippen LogP contribution in [-0.2, 0) is 0 Å². The Hall–Kier alpha value is 0.960. The van der Waals surface area contributed by atoms with E-state index in [4.69, 9.17) is 0 Å². The fraction of sp³-hybridized carbons (Fsp3) is 1.00. The Bertz CT molecular complexity index is 54.5. The highest BCUT2D eigenvalue weighted by atomic mass is 79.9. The van der Waals surface area contributed by atoms with Crippen molar-refractivity contribution in [1.82, 2.24) is 0 Å². The summed E-state index contributed by atoms with van der Waals surface area (Å²) in [5, 5.41) is 1.17. The van der Waals surface area contributed by atoms with Crippen LogP contribution in [0.5, 0.6) is 0 Å². The van der Waals surface area contributed by atoms with E-state index < -0.39 is 0 Å². The molecule has 0 spiro atoms. The van der Waals surface area contributed by atoms with Crippen LogP contribution in [0.1, 0.15) is 47.0 Å². The van der Waals surface area contributed by atoms with Crippen LogP contribution in [0.3, 0.4) is 0 Å². The molecule has 0 saturated heterocycles. The minimum absolute atomic E-state index is 0.312. The standard InChI is InChI=1S/C5H11Br.C4H9Br/c1-2-3-4-5-6;1-4(2,3)5/h2-5H2,1H3;1-3H3. The summed E-state index contributed by atoms with van der Waals surface area (Å²) in [6.07, 6.45) is 4.02. The average molecular weight is 288 g/mol. The van der Waals surface area contributed by atoms with E-state index in [1.165, 1.54) is 24.6 Å². The Labute approximate surface area is 88.4 Å². The Morgan fingerprint density at radius 2 is 1.45 bits per heavy atom. The van der Waals surface area contributed by atoms with E-state index in [9.17, 15) is 0 Å². The molecule has 70 valence electrons. The summed E-state index contributed by atoms with van der Waals surface area (Å²) in [4.78, 5) is 0. The number of alkyl halides is 2. The third-order valence-electron chi connectivity index (χ3n) is 0.737. The van der Waals surface area contributed by atoms with Gasteiger partial charge in [0.25, 0.3) is 0 Å². The second-order valence-corrected chi connectivity index (χ2v) is 6.64. The van der Waals surface area contributed by atoms with Crippen molar-refractivity contribution in [2.75, 3.05) is 5.33 Å². The molecule has 0 rings (SSSR count). The van der Waals surface area contributed by atoms with Crippen molar-refractivity contribution in [2.45, 2.75) is 51.3 Å². The zero-order valence-electron chi connectivity index (χ0n) is 8.08. The third-order valence-corrected chi connectivity index (χ3v) is 1.30. The lowest BCUT2D eigenvalue weighted by Gasteiger charge is -2.02. The molecular weight excluding hydrogens is 268 g/mol. The molecule has 0 N–H and O–H groups in total. The minimum Gasteiger partial charge on any atom is -0.0928 e. The number of hydrogen-bond donors (Lipinski definition) is 0. The normalized spacial score (nSPS) is 10.4. The van der Waals surface area contributed by atoms with Gasteiger partial charge >= 0.3 is 0 Å². The molecule has 0 unspecified atom stereocenters. The van der Waals surface area contributed by atoms with E-state index in [0.29, 0.717) is 4.32 Å². The van der Waals surface area contributed by atoms with Crippen LogP contribution in [0.2, 0.25) is 0 Å². The summed E-state index contributed by atoms with van der Waals surface area (Å²) in [5.74, 6) is 0. The summed E-state index contributed by atoms with van der Waals surface area (Å²) in [6, 6.07) is 0. The SMILES string of the molecule is CC(C)(C)Br.CCCCCBr. The minimum atomic E-state index is 0.312. The Kier molecular flexibility index (Phi) is 11.9. The largest absolute Gasteiger partial charge is 0.0928 e. The van der Waals surface area contributed by atoms with Gasteiger partial charge in [0.2, 0.25) is 0 Å². The first kappa shape index (κ1) is 14.5. The molecule has 0 amide bonds. The lowest BCUT2D eigenvalue weighted by molar-refractivity contribution is 0.781. The zero-order valence-corrected chi connectivity index (χ0v) is 11.3. The van der Waals surface area contributed by atoms with Gasteiger partial charge in [0, 0.05) is 9.65 Å². The molecule has 0 fully saturated rings. The number of unbranched alkanes of at least 4 members (excludes halogenated alkanes) is 2. The monoisotopic (exact) mass is 286 g/mol. The number of hydrogen-bond acceptors (Lipinski definition) is 0. The highest BCUT2D eigenvalue weighted by Gasteiger charge is 1.98. The third kappa shape index (κ3) is 56.1. The van der Waals surface area contributed by atoms with E-state index in [0.717, 1.165) is 0 Å². The molecule has 0 aromatic rings. The molecule has 0 aliphatic heterocycles. The summed E-state index contributed by atoms with van der Waals surface area (Å²) in [6.45, 7) is 8.52. The highest BCUT2D eigenvalue weighted by molar-refractivity contribution is 9.10. The van der Waals surface area contributed by atoms with Crippen molar-refractivity contribution in [2.24, 2.45) is 0 Å². The first-order valence-corrected chi connectivity index (χ1v) is 6.08. The molecule has 0 saturated carbocycles. The molecule has 11 heavy (non-hydrogen) atoms. The summed E-state index contributed by atoms with van der Waals surface area (Å²) >= 11 is 6.73. The molecule has 0 aliphatic rings. The fourth-order valence-corrected chi connectivity index (χ4v) is 0.741. The Balaban J connectivity index is 0. The van der Waals surface area contributed by atoms with Gasteiger partial charge in [-0.25, -0.2) is 0 Å². The van der Waals surface area contributed by atoms with Crippen LogP contribution >= 0.6 is 31.9 Å². The second kappa shape index (κ2) is 9.05. The zero-order chi connectivity index (χ0) is 9.33. The van der Waals surface area contributed by atoms with Gasteiger partial charge in [0.15, 0.2) is 0 Å². The maximum absolute atomic E-state index is 3.38. The molecular formula is C9H20Br2. The van der Waals surface area contributed by atoms with Crippen LogP contribution in [-0.4, -0.2) is 9.65 Å². The van der Waals surface area contributed by atoms with Gasteiger partial charge in [0.05, 0.1) is 0 Å². The summed E-state index contributed by atoms with van der Waals surface area (Å²) in [7, 11) is 0. The highest BCUT2D eigenvalue weighted by Crippen LogP contribution is 2.11. The molecule has 0 nitrogen and oxygen atoms in total. The van der Waals surface area contributed by atoms with Crippen molar-refractivity contribution < 1.29 is 0 Å². The molecule has 2 heteroatoms. The van der Waals surface area contributed by atoms with Crippen molar-refractivity contribution in [3.8, 4) is 0 Å². The maximum atomic E-state index is 3.38. The molecule has 0 atom stereocenters. The van der Waals surface area contributed by atoms with Crippen molar-refractivity contribution in [3.63, 3.8) is 0 Å². The maximum Gasteiger partial charge on any atom is 0.0173 e. The van der Waals surface area contributed by atoms with E-state index >= 15 is 0 Å². The van der Waals surface area contributed by atoms with E-state index in [1.807, 2.05) is 0 Å². The van der Waals surface area contributed by atoms with Crippen molar-refractivity contribution in [3.05, 3.63) is 0 Å². The Morgan fingerprint density at radius 1 is 1.09 bits per heavy atom. The van der Waals surface area contributed by atoms with Gasteiger partial charge in [-0.15, -0.1) is 0 Å². The fourth-order valence-electron chi connectivity index (χ4n) is 0.344. The lowest BCUT2D eigenvalue weighted by atomic mass is 10.3. The van der Waals surface area contributed by atoms with Crippen LogP contribution in [0, 0.1) is 0 Å². The molecule has 0 radical (unpaired) electrons. The lowest BCUT2D eigenvalue weighted by Crippen LogP contribution is -1.97. The summed E-state index contributed by atoms with van der Waals surface area (Å²) < 4.78 is 0.312. The molecule has 0 aromatic heterocycles. The van der Waals surface area contributed by atoms with E-state index in [-0.39, 0.29) is 0 Å². The van der Waals surface area contributed by atoms with Gasteiger partial charge in [-0.1, -0.05) is 72.4 Å². The predicted octanol–water partition coefficient (Wildman–Crippen LogP) is 4.75. The first-order chi connectivity index (χ1) is 4.91. The van der Waals surface area contributed by atoms with E-state index in [2.05, 4.69) is 59.6 Å². The molecule has 0 aliphatic carbocycles. The van der Waals surface area contributed by atoms with Crippen LogP contribution < -0.4 is 0 Å². The van der Waals surface area contributed by atoms with Crippen LogP contribution in [0.25, 0.3) is 0 Å². The van der Waals surface area contributed by atoms with Crippen molar-refractivity contribution in [1.29, 1.82) is 0 Å². The Morgan fingerprint density at radius 3 is 1.55 bits per heavy atom.